The van der Waals surface area contributed by atoms with Crippen LogP contribution in [-0.4, -0.2) is 19.8 Å². The molecule has 4 heteroatoms. The summed E-state index contributed by atoms with van der Waals surface area (Å²) >= 11 is 0. The molecule has 0 saturated heterocycles. The first-order valence-corrected chi connectivity index (χ1v) is 4.80. The SMILES string of the molecule is COC[C@H](C)NCc1c(F)cccc1F. The van der Waals surface area contributed by atoms with E-state index in [1.807, 2.05) is 6.92 Å². The third-order valence-electron chi connectivity index (χ3n) is 2.11. The fourth-order valence-electron chi connectivity index (χ4n) is 1.29. The Labute approximate surface area is 88.3 Å². The molecule has 0 fully saturated rings. The maximum absolute atomic E-state index is 13.2. The molecule has 15 heavy (non-hydrogen) atoms. The van der Waals surface area contributed by atoms with Gasteiger partial charge in [0.1, 0.15) is 11.6 Å². The highest BCUT2D eigenvalue weighted by Crippen LogP contribution is 2.11. The smallest absolute Gasteiger partial charge is 0.130 e. The molecular formula is C11H15F2NO. The largest absolute Gasteiger partial charge is 0.383 e. The number of hydrogen-bond acceptors (Lipinski definition) is 2. The van der Waals surface area contributed by atoms with Gasteiger partial charge in [0.05, 0.1) is 6.61 Å². The topological polar surface area (TPSA) is 21.3 Å². The van der Waals surface area contributed by atoms with Crippen molar-refractivity contribution < 1.29 is 13.5 Å². The predicted molar refractivity (Wildman–Crippen MR) is 54.5 cm³/mol. The fraction of sp³-hybridized carbons (Fsp3) is 0.455. The van der Waals surface area contributed by atoms with Gasteiger partial charge < -0.3 is 10.1 Å². The molecule has 0 saturated carbocycles. The van der Waals surface area contributed by atoms with Crippen molar-refractivity contribution in [3.05, 3.63) is 35.4 Å². The lowest BCUT2D eigenvalue weighted by Crippen LogP contribution is -2.30. The number of methoxy groups -OCH3 is 1. The lowest BCUT2D eigenvalue weighted by atomic mass is 10.2. The zero-order valence-corrected chi connectivity index (χ0v) is 8.89. The molecule has 0 spiro atoms. The molecular weight excluding hydrogens is 200 g/mol. The maximum Gasteiger partial charge on any atom is 0.130 e. The highest BCUT2D eigenvalue weighted by molar-refractivity contribution is 5.19. The standard InChI is InChI=1S/C11H15F2NO/c1-8(7-15-2)14-6-9-10(12)4-3-5-11(9)13/h3-5,8,14H,6-7H2,1-2H3/t8-/m0/s1. The molecule has 1 atom stereocenters. The first-order chi connectivity index (χ1) is 7.15. The van der Waals surface area contributed by atoms with Crippen LogP contribution in [0.5, 0.6) is 0 Å². The summed E-state index contributed by atoms with van der Waals surface area (Å²) in [5.74, 6) is -1.04. The molecule has 0 unspecified atom stereocenters. The third-order valence-corrected chi connectivity index (χ3v) is 2.11. The zero-order valence-electron chi connectivity index (χ0n) is 8.89. The van der Waals surface area contributed by atoms with Crippen LogP contribution in [0.3, 0.4) is 0 Å². The average molecular weight is 215 g/mol. The molecule has 1 rings (SSSR count). The molecule has 1 aromatic carbocycles. The van der Waals surface area contributed by atoms with Crippen molar-refractivity contribution in [2.24, 2.45) is 0 Å². The molecule has 0 heterocycles. The van der Waals surface area contributed by atoms with Gasteiger partial charge in [-0.25, -0.2) is 8.78 Å². The van der Waals surface area contributed by atoms with Gasteiger partial charge in [-0.05, 0) is 19.1 Å². The molecule has 0 aromatic heterocycles. The van der Waals surface area contributed by atoms with Gasteiger partial charge >= 0.3 is 0 Å². The van der Waals surface area contributed by atoms with Gasteiger partial charge in [0.15, 0.2) is 0 Å². The van der Waals surface area contributed by atoms with E-state index < -0.39 is 11.6 Å². The quantitative estimate of drug-likeness (QED) is 0.812. The second kappa shape index (κ2) is 5.78. The molecule has 0 aliphatic heterocycles. The van der Waals surface area contributed by atoms with Gasteiger partial charge in [0.25, 0.3) is 0 Å². The molecule has 2 nitrogen and oxygen atoms in total. The molecule has 0 aliphatic carbocycles. The minimum Gasteiger partial charge on any atom is -0.383 e. The lowest BCUT2D eigenvalue weighted by molar-refractivity contribution is 0.171. The minimum atomic E-state index is -0.521. The van der Waals surface area contributed by atoms with Gasteiger partial charge in [-0.3, -0.25) is 0 Å². The van der Waals surface area contributed by atoms with Crippen LogP contribution in [0.1, 0.15) is 12.5 Å². The summed E-state index contributed by atoms with van der Waals surface area (Å²) < 4.78 is 31.3. The summed E-state index contributed by atoms with van der Waals surface area (Å²) in [6.45, 7) is 2.57. The first kappa shape index (κ1) is 12.1. The summed E-state index contributed by atoms with van der Waals surface area (Å²) in [5, 5.41) is 2.98. The fourth-order valence-corrected chi connectivity index (χ4v) is 1.29. The minimum absolute atomic E-state index is 0.0639. The van der Waals surface area contributed by atoms with Crippen LogP contribution in [0, 0.1) is 11.6 Å². The monoisotopic (exact) mass is 215 g/mol. The third kappa shape index (κ3) is 3.57. The number of hydrogen-bond donors (Lipinski definition) is 1. The van der Waals surface area contributed by atoms with Crippen LogP contribution in [0.2, 0.25) is 0 Å². The average Bonchev–Trinajstić information content (AvgIpc) is 2.17. The van der Waals surface area contributed by atoms with Crippen LogP contribution in [0.4, 0.5) is 8.78 Å². The summed E-state index contributed by atoms with van der Waals surface area (Å²) in [7, 11) is 1.59. The molecule has 0 amide bonds. The molecule has 0 radical (unpaired) electrons. The van der Waals surface area contributed by atoms with Crippen molar-refractivity contribution in [3.8, 4) is 0 Å². The van der Waals surface area contributed by atoms with Crippen LogP contribution in [-0.2, 0) is 11.3 Å². The van der Waals surface area contributed by atoms with Gasteiger partial charge in [-0.2, -0.15) is 0 Å². The van der Waals surface area contributed by atoms with Gasteiger partial charge in [0, 0.05) is 25.3 Å². The number of rotatable bonds is 5. The first-order valence-electron chi connectivity index (χ1n) is 4.80. The number of halogens is 2. The van der Waals surface area contributed by atoms with Crippen LogP contribution < -0.4 is 5.32 Å². The Morgan fingerprint density at radius 1 is 1.33 bits per heavy atom. The molecule has 1 N–H and O–H groups in total. The van der Waals surface area contributed by atoms with E-state index >= 15 is 0 Å². The zero-order chi connectivity index (χ0) is 11.3. The highest BCUT2D eigenvalue weighted by Gasteiger charge is 2.09. The van der Waals surface area contributed by atoms with Crippen molar-refractivity contribution >= 4 is 0 Å². The van der Waals surface area contributed by atoms with E-state index in [-0.39, 0.29) is 18.2 Å². The van der Waals surface area contributed by atoms with E-state index in [1.54, 1.807) is 7.11 Å². The Morgan fingerprint density at radius 2 is 1.93 bits per heavy atom. The normalized spacial score (nSPS) is 12.8. The molecule has 0 bridgehead atoms. The van der Waals surface area contributed by atoms with E-state index in [2.05, 4.69) is 5.32 Å². The van der Waals surface area contributed by atoms with E-state index in [0.717, 1.165) is 0 Å². The number of nitrogens with one attached hydrogen (secondary N) is 1. The molecule has 84 valence electrons. The van der Waals surface area contributed by atoms with Gasteiger partial charge in [-0.1, -0.05) is 6.07 Å². The summed E-state index contributed by atoms with van der Waals surface area (Å²) in [5.41, 5.74) is 0.0699. The molecule has 1 aromatic rings. The Morgan fingerprint density at radius 3 is 2.47 bits per heavy atom. The predicted octanol–water partition coefficient (Wildman–Crippen LogP) is 2.09. The van der Waals surface area contributed by atoms with Crippen molar-refractivity contribution in [1.29, 1.82) is 0 Å². The van der Waals surface area contributed by atoms with Gasteiger partial charge in [-0.15, -0.1) is 0 Å². The number of ether oxygens (including phenoxy) is 1. The summed E-state index contributed by atoms with van der Waals surface area (Å²) in [6.07, 6.45) is 0. The highest BCUT2D eigenvalue weighted by atomic mass is 19.1. The Balaban J connectivity index is 2.57. The van der Waals surface area contributed by atoms with Crippen molar-refractivity contribution in [2.75, 3.05) is 13.7 Å². The number of benzene rings is 1. The van der Waals surface area contributed by atoms with E-state index in [0.29, 0.717) is 6.61 Å². The summed E-state index contributed by atoms with van der Waals surface area (Å²) in [4.78, 5) is 0. The summed E-state index contributed by atoms with van der Waals surface area (Å²) in [6, 6.07) is 3.92. The van der Waals surface area contributed by atoms with Crippen molar-refractivity contribution in [2.45, 2.75) is 19.5 Å². The van der Waals surface area contributed by atoms with Gasteiger partial charge in [0.2, 0.25) is 0 Å². The van der Waals surface area contributed by atoms with Crippen LogP contribution in [0.15, 0.2) is 18.2 Å². The Bertz CT molecular complexity index is 297. The second-order valence-corrected chi connectivity index (χ2v) is 3.44. The van der Waals surface area contributed by atoms with Crippen molar-refractivity contribution in [1.82, 2.24) is 5.32 Å². The van der Waals surface area contributed by atoms with Crippen LogP contribution in [0.25, 0.3) is 0 Å². The van der Waals surface area contributed by atoms with E-state index in [4.69, 9.17) is 4.74 Å². The van der Waals surface area contributed by atoms with Crippen LogP contribution >= 0.6 is 0 Å². The Hall–Kier alpha value is -1.00. The Kier molecular flexibility index (Phi) is 4.65. The van der Waals surface area contributed by atoms with E-state index in [1.165, 1.54) is 18.2 Å². The maximum atomic E-state index is 13.2. The van der Waals surface area contributed by atoms with E-state index in [9.17, 15) is 8.78 Å². The lowest BCUT2D eigenvalue weighted by Gasteiger charge is -2.13. The molecule has 0 aliphatic rings. The second-order valence-electron chi connectivity index (χ2n) is 3.44. The van der Waals surface area contributed by atoms with Crippen molar-refractivity contribution in [3.63, 3.8) is 0 Å².